The van der Waals surface area contributed by atoms with Gasteiger partial charge in [-0.25, -0.2) is 14.4 Å². The van der Waals surface area contributed by atoms with Gasteiger partial charge in [0.25, 0.3) is 0 Å². The minimum atomic E-state index is -0.426. The summed E-state index contributed by atoms with van der Waals surface area (Å²) in [7, 11) is 0. The normalized spacial score (nSPS) is 16.0. The van der Waals surface area contributed by atoms with Gasteiger partial charge in [0.05, 0.1) is 0 Å². The Hall–Kier alpha value is -3.43. The molecule has 2 aromatic rings. The smallest absolute Gasteiger partial charge is 0.247 e. The zero-order valence-electron chi connectivity index (χ0n) is 21.7. The van der Waals surface area contributed by atoms with Crippen molar-refractivity contribution in [3.63, 3.8) is 0 Å². The van der Waals surface area contributed by atoms with Crippen molar-refractivity contribution in [3.05, 3.63) is 77.7 Å². The number of carbonyl (C=O) groups is 1. The van der Waals surface area contributed by atoms with Crippen molar-refractivity contribution < 1.29 is 9.18 Å². The fraction of sp³-hybridized carbons (Fsp3) is 0.345. The molecule has 9 heteroatoms. The van der Waals surface area contributed by atoms with E-state index in [0.29, 0.717) is 29.2 Å². The van der Waals surface area contributed by atoms with Crippen molar-refractivity contribution in [2.75, 3.05) is 23.7 Å². The highest BCUT2D eigenvalue weighted by atomic mass is 32.2. The average Bonchev–Trinajstić information content (AvgIpc) is 3.58. The van der Waals surface area contributed by atoms with Crippen molar-refractivity contribution in [1.29, 1.82) is 0 Å². The summed E-state index contributed by atoms with van der Waals surface area (Å²) in [5.41, 5.74) is 4.57. The fourth-order valence-corrected chi connectivity index (χ4v) is 5.52. The van der Waals surface area contributed by atoms with Crippen molar-refractivity contribution in [2.24, 2.45) is 0 Å². The number of thioether (sulfide) groups is 1. The Labute approximate surface area is 227 Å². The number of halogens is 1. The molecule has 198 valence electrons. The number of carbonyl (C=O) groups excluding carboxylic acids is 1. The molecule has 0 radical (unpaired) electrons. The number of pyridine rings is 1. The van der Waals surface area contributed by atoms with Gasteiger partial charge in [0.15, 0.2) is 11.0 Å². The van der Waals surface area contributed by atoms with Crippen molar-refractivity contribution >= 4 is 29.0 Å². The van der Waals surface area contributed by atoms with E-state index in [9.17, 15) is 9.18 Å². The van der Waals surface area contributed by atoms with Gasteiger partial charge >= 0.3 is 0 Å². The van der Waals surface area contributed by atoms with Crippen molar-refractivity contribution in [3.8, 4) is 11.5 Å². The number of amides is 1. The molecule has 7 nitrogen and oxygen atoms in total. The van der Waals surface area contributed by atoms with Gasteiger partial charge in [-0.1, -0.05) is 43.3 Å². The monoisotopic (exact) mass is 532 g/mol. The third-order valence-electron chi connectivity index (χ3n) is 6.80. The second-order valence-corrected chi connectivity index (χ2v) is 10.6. The molecule has 0 spiro atoms. The molecule has 3 N–H and O–H groups in total. The second kappa shape index (κ2) is 12.0. The predicted octanol–water partition coefficient (Wildman–Crippen LogP) is 5.88. The number of imidazole rings is 1. The van der Waals surface area contributed by atoms with Crippen molar-refractivity contribution in [1.82, 2.24) is 19.9 Å². The Kier molecular flexibility index (Phi) is 8.24. The van der Waals surface area contributed by atoms with Gasteiger partial charge in [0.1, 0.15) is 17.6 Å². The summed E-state index contributed by atoms with van der Waals surface area (Å²) < 4.78 is 15.2. The van der Waals surface area contributed by atoms with Crippen LogP contribution in [-0.4, -0.2) is 39.6 Å². The van der Waals surface area contributed by atoms with Crippen molar-refractivity contribution in [2.45, 2.75) is 56.1 Å². The lowest BCUT2D eigenvalue weighted by Crippen LogP contribution is -2.27. The van der Waals surface area contributed by atoms with E-state index in [0.717, 1.165) is 54.1 Å². The minimum Gasteiger partial charge on any atom is -0.381 e. The molecule has 0 saturated carbocycles. The van der Waals surface area contributed by atoms with E-state index in [1.54, 1.807) is 12.1 Å². The number of benzene rings is 2. The number of aryl methyl sites for hydroxylation is 1. The number of hydrogen-bond donors (Lipinski definition) is 3. The molecule has 0 aliphatic carbocycles. The summed E-state index contributed by atoms with van der Waals surface area (Å²) >= 11 is 1.50. The topological polar surface area (TPSA) is 83.9 Å². The van der Waals surface area contributed by atoms with Crippen LogP contribution in [0.25, 0.3) is 11.5 Å². The number of hydrogen-bond acceptors (Lipinski definition) is 6. The molecular formula is C29H33FN6OS. The molecule has 5 rings (SSSR count). The van der Waals surface area contributed by atoms with Gasteiger partial charge in [0.2, 0.25) is 5.91 Å². The SMILES string of the molecule is CCCC(C(=O)Nc1cc(NC2CCNC2)ccc1C)n1cccc2nc(SCc3ccc(F)cc3)nc1-2. The molecule has 0 aromatic heterocycles. The van der Waals surface area contributed by atoms with Crippen LogP contribution in [0, 0.1) is 12.7 Å². The molecule has 1 saturated heterocycles. The first-order valence-corrected chi connectivity index (χ1v) is 14.1. The first-order chi connectivity index (χ1) is 18.5. The summed E-state index contributed by atoms with van der Waals surface area (Å²) in [6.07, 6.45) is 4.51. The molecule has 1 fully saturated rings. The van der Waals surface area contributed by atoms with E-state index < -0.39 is 6.04 Å². The lowest BCUT2D eigenvalue weighted by Gasteiger charge is -2.22. The largest absolute Gasteiger partial charge is 0.381 e. The quantitative estimate of drug-likeness (QED) is 0.221. The summed E-state index contributed by atoms with van der Waals surface area (Å²) in [5, 5.41) is 10.8. The van der Waals surface area contributed by atoms with Crippen LogP contribution in [0.1, 0.15) is 43.4 Å². The summed E-state index contributed by atoms with van der Waals surface area (Å²) in [4.78, 5) is 23.1. The highest BCUT2D eigenvalue weighted by Crippen LogP contribution is 2.31. The van der Waals surface area contributed by atoms with Crippen LogP contribution in [0.5, 0.6) is 0 Å². The van der Waals surface area contributed by atoms with E-state index in [1.807, 2.05) is 42.0 Å². The zero-order valence-corrected chi connectivity index (χ0v) is 22.5. The molecule has 2 atom stereocenters. The number of rotatable bonds is 10. The molecule has 38 heavy (non-hydrogen) atoms. The van der Waals surface area contributed by atoms with E-state index in [1.165, 1.54) is 23.9 Å². The molecule has 2 aromatic carbocycles. The average molecular weight is 533 g/mol. The standard InChI is InChI=1S/C29H33FN6OS/c1-3-5-26(28(37)33-25-16-22(12-7-19(25)2)32-23-13-14-31-17-23)36-15-4-6-24-27(36)35-29(34-24)38-18-20-8-10-21(30)11-9-20/h4,6-12,15-16,23,26,31-32H,3,5,13-14,17-18H2,1-2H3,(H,33,37). The van der Waals surface area contributed by atoms with Gasteiger partial charge in [-0.2, -0.15) is 0 Å². The Morgan fingerprint density at radius 3 is 2.82 bits per heavy atom. The lowest BCUT2D eigenvalue weighted by molar-refractivity contribution is -0.119. The van der Waals surface area contributed by atoms with Gasteiger partial charge in [0, 0.05) is 35.9 Å². The molecule has 0 bridgehead atoms. The van der Waals surface area contributed by atoms with Crippen LogP contribution in [0.4, 0.5) is 15.8 Å². The third-order valence-corrected chi connectivity index (χ3v) is 7.72. The molecule has 1 amide bonds. The Morgan fingerprint density at radius 1 is 1.21 bits per heavy atom. The van der Waals surface area contributed by atoms with Gasteiger partial charge in [-0.05, 0) is 73.8 Å². The number of anilines is 2. The molecule has 3 aliphatic heterocycles. The molecular weight excluding hydrogens is 499 g/mol. The van der Waals surface area contributed by atoms with Crippen LogP contribution >= 0.6 is 11.8 Å². The Bertz CT molecular complexity index is 1350. The predicted molar refractivity (Wildman–Crippen MR) is 151 cm³/mol. The number of aromatic nitrogens is 3. The highest BCUT2D eigenvalue weighted by molar-refractivity contribution is 7.98. The summed E-state index contributed by atoms with van der Waals surface area (Å²) in [6, 6.07) is 16.4. The second-order valence-electron chi connectivity index (χ2n) is 9.70. The highest BCUT2D eigenvalue weighted by Gasteiger charge is 2.25. The maximum Gasteiger partial charge on any atom is 0.247 e. The van der Waals surface area contributed by atoms with E-state index in [2.05, 4.69) is 33.9 Å². The van der Waals surface area contributed by atoms with Gasteiger partial charge in [-0.3, -0.25) is 4.79 Å². The zero-order chi connectivity index (χ0) is 26.5. The molecule has 3 aliphatic rings. The number of nitrogens with one attached hydrogen (secondary N) is 3. The maximum atomic E-state index is 13.7. The van der Waals surface area contributed by atoms with Crippen LogP contribution in [0.2, 0.25) is 0 Å². The van der Waals surface area contributed by atoms with E-state index in [-0.39, 0.29) is 11.7 Å². The Morgan fingerprint density at radius 2 is 2.05 bits per heavy atom. The maximum absolute atomic E-state index is 13.7. The van der Waals surface area contributed by atoms with Crippen LogP contribution in [0.3, 0.4) is 0 Å². The Balaban J connectivity index is 1.34. The first kappa shape index (κ1) is 26.2. The van der Waals surface area contributed by atoms with Crippen LogP contribution in [-0.2, 0) is 10.5 Å². The number of nitrogens with zero attached hydrogens (tertiary/aromatic N) is 3. The third kappa shape index (κ3) is 6.16. The molecule has 2 unspecified atom stereocenters. The van der Waals surface area contributed by atoms with Crippen LogP contribution in [0.15, 0.2) is 66.0 Å². The summed E-state index contributed by atoms with van der Waals surface area (Å²) in [5.74, 6) is 0.995. The van der Waals surface area contributed by atoms with Gasteiger partial charge in [-0.15, -0.1) is 0 Å². The minimum absolute atomic E-state index is 0.0735. The van der Waals surface area contributed by atoms with Gasteiger partial charge < -0.3 is 20.5 Å². The number of fused-ring (bicyclic) bond motifs is 1. The summed E-state index contributed by atoms with van der Waals surface area (Å²) in [6.45, 7) is 6.05. The lowest BCUT2D eigenvalue weighted by atomic mass is 10.1. The molecule has 3 heterocycles. The van der Waals surface area contributed by atoms with E-state index >= 15 is 0 Å². The first-order valence-electron chi connectivity index (χ1n) is 13.1. The van der Waals surface area contributed by atoms with E-state index in [4.69, 9.17) is 4.98 Å². The van der Waals surface area contributed by atoms with Crippen LogP contribution < -0.4 is 16.0 Å². The fourth-order valence-electron chi connectivity index (χ4n) is 4.72.